The molecule has 0 saturated carbocycles. The maximum absolute atomic E-state index is 12.8. The highest BCUT2D eigenvalue weighted by Crippen LogP contribution is 2.46. The molecule has 1 N–H and O–H groups in total. The van der Waals surface area contributed by atoms with E-state index in [2.05, 4.69) is 16.6 Å². The number of hydrogen-bond acceptors (Lipinski definition) is 5. The third-order valence-corrected chi connectivity index (χ3v) is 4.98. The van der Waals surface area contributed by atoms with Crippen molar-refractivity contribution in [1.29, 1.82) is 0 Å². The summed E-state index contributed by atoms with van der Waals surface area (Å²) in [6.07, 6.45) is -4.60. The van der Waals surface area contributed by atoms with Gasteiger partial charge in [0.15, 0.2) is 0 Å². The van der Waals surface area contributed by atoms with Crippen molar-refractivity contribution in [3.8, 4) is 11.6 Å². The number of aromatic nitrogens is 2. The van der Waals surface area contributed by atoms with E-state index in [0.29, 0.717) is 0 Å². The zero-order valence-corrected chi connectivity index (χ0v) is 15.3. The highest BCUT2D eigenvalue weighted by molar-refractivity contribution is 7.59. The normalized spacial score (nSPS) is 12.0. The van der Waals surface area contributed by atoms with Gasteiger partial charge in [-0.05, 0) is 32.0 Å². The molecule has 2 aromatic rings. The Labute approximate surface area is 151 Å². The topological polar surface area (TPSA) is 90.4 Å². The Bertz CT molecular complexity index is 1050. The molecule has 0 radical (unpaired) electrons. The average Bonchev–Trinajstić information content (AvgIpc) is 2.57. The Morgan fingerprint density at radius 3 is 2.37 bits per heavy atom. The fraction of sp³-hybridized carbons (Fsp3) is 0.375. The first kappa shape index (κ1) is 21.0. The number of benzene rings is 1. The third kappa shape index (κ3) is 4.89. The van der Waals surface area contributed by atoms with E-state index in [1.54, 1.807) is 13.8 Å². The molecule has 0 atom stereocenters. The molecule has 0 unspecified atom stereocenters. The molecule has 1 aromatic heterocycles. The monoisotopic (exact) mass is 404 g/mol. The number of alkyl halides is 3. The number of aromatic amines is 1. The van der Waals surface area contributed by atoms with Crippen LogP contribution in [0.3, 0.4) is 0 Å². The van der Waals surface area contributed by atoms with Gasteiger partial charge in [-0.3, -0.25) is 23.2 Å². The molecular formula is C16H16F3N2O5P. The van der Waals surface area contributed by atoms with Crippen molar-refractivity contribution in [2.75, 3.05) is 13.2 Å². The minimum Gasteiger partial charge on any atom is -0.316 e. The summed E-state index contributed by atoms with van der Waals surface area (Å²) in [5, 5.41) is 0. The van der Waals surface area contributed by atoms with Crippen LogP contribution < -0.4 is 11.1 Å². The summed E-state index contributed by atoms with van der Waals surface area (Å²) in [6, 6.07) is 2.57. The summed E-state index contributed by atoms with van der Waals surface area (Å²) < 4.78 is 61.6. The molecule has 0 aliphatic carbocycles. The molecule has 0 bridgehead atoms. The number of hydrogen-bond donors (Lipinski definition) is 1. The minimum absolute atomic E-state index is 0.0459. The summed E-state index contributed by atoms with van der Waals surface area (Å²) in [5.74, 6) is 2.44. The second kappa shape index (κ2) is 8.13. The van der Waals surface area contributed by atoms with Crippen molar-refractivity contribution in [1.82, 2.24) is 9.55 Å². The third-order valence-electron chi connectivity index (χ3n) is 3.35. The fourth-order valence-electron chi connectivity index (χ4n) is 2.27. The number of nitrogens with zero attached hydrogens (tertiary/aromatic N) is 1. The van der Waals surface area contributed by atoms with Crippen LogP contribution in [0.4, 0.5) is 13.2 Å². The summed E-state index contributed by atoms with van der Waals surface area (Å²) >= 11 is 0. The van der Waals surface area contributed by atoms with E-state index < -0.39 is 30.5 Å². The highest BCUT2D eigenvalue weighted by atomic mass is 31.2. The van der Waals surface area contributed by atoms with E-state index in [1.165, 1.54) is 0 Å². The van der Waals surface area contributed by atoms with E-state index in [1.807, 2.05) is 0 Å². The first-order valence-electron chi connectivity index (χ1n) is 7.84. The molecule has 0 amide bonds. The summed E-state index contributed by atoms with van der Waals surface area (Å²) in [5.41, 5.74) is -0.893. The lowest BCUT2D eigenvalue weighted by Gasteiger charge is -2.11. The van der Waals surface area contributed by atoms with Gasteiger partial charge in [0.1, 0.15) is 0 Å². The number of fused-ring (bicyclic) bond motifs is 1. The van der Waals surface area contributed by atoms with Gasteiger partial charge in [0.2, 0.25) is 0 Å². The lowest BCUT2D eigenvalue weighted by molar-refractivity contribution is -0.137. The lowest BCUT2D eigenvalue weighted by Crippen LogP contribution is -2.36. The Morgan fingerprint density at radius 1 is 1.19 bits per heavy atom. The molecule has 27 heavy (non-hydrogen) atoms. The first-order chi connectivity index (χ1) is 12.6. The SMILES string of the molecule is CCOP(=O)(C#CCn1c(=O)c(=O)[nH]c2cc(C(F)(F)F)ccc21)OCC. The zero-order chi connectivity index (χ0) is 20.2. The largest absolute Gasteiger partial charge is 0.416 e. The first-order valence-corrected chi connectivity index (χ1v) is 9.39. The van der Waals surface area contributed by atoms with Crippen LogP contribution in [0.5, 0.6) is 0 Å². The predicted molar refractivity (Wildman–Crippen MR) is 92.5 cm³/mol. The molecule has 11 heteroatoms. The van der Waals surface area contributed by atoms with Crippen LogP contribution >= 0.6 is 7.60 Å². The van der Waals surface area contributed by atoms with Crippen LogP contribution in [-0.2, 0) is 26.3 Å². The molecule has 0 aliphatic heterocycles. The van der Waals surface area contributed by atoms with Gasteiger partial charge in [-0.25, -0.2) is 4.57 Å². The second-order valence-corrected chi connectivity index (χ2v) is 6.93. The van der Waals surface area contributed by atoms with Crippen LogP contribution in [0.1, 0.15) is 19.4 Å². The maximum Gasteiger partial charge on any atom is 0.416 e. The summed E-state index contributed by atoms with van der Waals surface area (Å²) in [4.78, 5) is 25.9. The molecule has 7 nitrogen and oxygen atoms in total. The van der Waals surface area contributed by atoms with Gasteiger partial charge in [-0.2, -0.15) is 13.2 Å². The molecule has 0 saturated heterocycles. The highest BCUT2D eigenvalue weighted by Gasteiger charge is 2.30. The quantitative estimate of drug-likeness (QED) is 0.470. The van der Waals surface area contributed by atoms with Gasteiger partial charge in [-0.1, -0.05) is 5.92 Å². The molecular weight excluding hydrogens is 388 g/mol. The maximum atomic E-state index is 12.8. The van der Waals surface area contributed by atoms with E-state index in [0.717, 1.165) is 22.8 Å². The van der Waals surface area contributed by atoms with Crippen molar-refractivity contribution in [3.05, 3.63) is 44.5 Å². The van der Waals surface area contributed by atoms with E-state index >= 15 is 0 Å². The number of nitrogens with one attached hydrogen (secondary N) is 1. The second-order valence-electron chi connectivity index (χ2n) is 5.20. The predicted octanol–water partition coefficient (Wildman–Crippen LogP) is 2.94. The van der Waals surface area contributed by atoms with Crippen molar-refractivity contribution in [2.45, 2.75) is 26.6 Å². The average molecular weight is 404 g/mol. The van der Waals surface area contributed by atoms with Gasteiger partial charge in [0.05, 0.1) is 36.4 Å². The van der Waals surface area contributed by atoms with Crippen molar-refractivity contribution in [3.63, 3.8) is 0 Å². The lowest BCUT2D eigenvalue weighted by atomic mass is 10.2. The van der Waals surface area contributed by atoms with E-state index in [9.17, 15) is 27.3 Å². The van der Waals surface area contributed by atoms with Gasteiger partial charge in [0, 0.05) is 5.66 Å². The van der Waals surface area contributed by atoms with E-state index in [4.69, 9.17) is 9.05 Å². The van der Waals surface area contributed by atoms with E-state index in [-0.39, 0.29) is 30.8 Å². The van der Waals surface area contributed by atoms with Crippen molar-refractivity contribution < 1.29 is 26.8 Å². The van der Waals surface area contributed by atoms with Gasteiger partial charge >= 0.3 is 24.9 Å². The smallest absolute Gasteiger partial charge is 0.316 e. The Hall–Kier alpha value is -2.34. The molecule has 1 aromatic carbocycles. The Balaban J connectivity index is 2.52. The fourth-order valence-corrected chi connectivity index (χ4v) is 3.41. The van der Waals surface area contributed by atoms with Crippen LogP contribution in [-0.4, -0.2) is 22.8 Å². The van der Waals surface area contributed by atoms with Crippen LogP contribution in [0.25, 0.3) is 11.0 Å². The standard InChI is InChI=1S/C16H16F3N2O5P/c1-3-25-27(24,26-4-2)9-5-8-21-13-7-6-11(16(17,18)19)10-12(13)20-14(22)15(21)23/h6-7,10H,3-4,8H2,1-2H3,(H,20,22). The number of rotatable bonds is 5. The molecule has 1 heterocycles. The number of halogens is 3. The van der Waals surface area contributed by atoms with Crippen molar-refractivity contribution >= 4 is 18.6 Å². The zero-order valence-electron chi connectivity index (χ0n) is 14.4. The number of H-pyrrole nitrogens is 1. The van der Waals surface area contributed by atoms with Gasteiger partial charge in [0.25, 0.3) is 0 Å². The summed E-state index contributed by atoms with van der Waals surface area (Å²) in [6.45, 7) is 2.98. The summed E-state index contributed by atoms with van der Waals surface area (Å²) in [7, 11) is -3.68. The van der Waals surface area contributed by atoms with Crippen LogP contribution in [0, 0.1) is 11.6 Å². The molecule has 0 aliphatic rings. The molecule has 0 fully saturated rings. The molecule has 146 valence electrons. The molecule has 2 rings (SSSR count). The Kier molecular flexibility index (Phi) is 6.31. The Morgan fingerprint density at radius 2 is 1.81 bits per heavy atom. The van der Waals surface area contributed by atoms with Gasteiger partial charge < -0.3 is 4.98 Å². The molecule has 0 spiro atoms. The van der Waals surface area contributed by atoms with Crippen molar-refractivity contribution in [2.24, 2.45) is 0 Å². The van der Waals surface area contributed by atoms with Crippen LogP contribution in [0.2, 0.25) is 0 Å². The van der Waals surface area contributed by atoms with Crippen LogP contribution in [0.15, 0.2) is 27.8 Å². The van der Waals surface area contributed by atoms with Gasteiger partial charge in [-0.15, -0.1) is 0 Å². The minimum atomic E-state index is -4.60.